The van der Waals surface area contributed by atoms with Gasteiger partial charge in [0.1, 0.15) is 40.4 Å². The van der Waals surface area contributed by atoms with Gasteiger partial charge >= 0.3 is 0 Å². The quantitative estimate of drug-likeness (QED) is 0.411. The van der Waals surface area contributed by atoms with Gasteiger partial charge in [0.2, 0.25) is 0 Å². The Morgan fingerprint density at radius 2 is 2.03 bits per heavy atom. The lowest BCUT2D eigenvalue weighted by Crippen LogP contribution is -2.13. The van der Waals surface area contributed by atoms with Crippen LogP contribution >= 0.6 is 22.9 Å². The maximum absolute atomic E-state index is 12.1. The van der Waals surface area contributed by atoms with E-state index in [0.29, 0.717) is 34.6 Å². The zero-order valence-corrected chi connectivity index (χ0v) is 18.3. The van der Waals surface area contributed by atoms with Crippen LogP contribution in [0.5, 0.6) is 11.5 Å². The second kappa shape index (κ2) is 8.97. The van der Waals surface area contributed by atoms with Gasteiger partial charge in [-0.2, -0.15) is 0 Å². The summed E-state index contributed by atoms with van der Waals surface area (Å²) in [7, 11) is 0. The molecule has 31 heavy (non-hydrogen) atoms. The number of ether oxygens (including phenoxy) is 2. The van der Waals surface area contributed by atoms with Crippen molar-refractivity contribution < 1.29 is 14.3 Å². The molecule has 0 saturated carbocycles. The smallest absolute Gasteiger partial charge is 0.262 e. The van der Waals surface area contributed by atoms with E-state index in [1.165, 1.54) is 11.3 Å². The number of carbonyl (C=O) groups is 1. The Labute approximate surface area is 188 Å². The van der Waals surface area contributed by atoms with Crippen LogP contribution in [0.2, 0.25) is 5.02 Å². The molecular weight excluding hydrogens is 436 g/mol. The number of hydrogen-bond donors (Lipinski definition) is 2. The average molecular weight is 457 g/mol. The fourth-order valence-corrected chi connectivity index (χ4v) is 4.51. The van der Waals surface area contributed by atoms with E-state index in [-0.39, 0.29) is 0 Å². The summed E-state index contributed by atoms with van der Waals surface area (Å²) in [6, 6.07) is 15.0. The van der Waals surface area contributed by atoms with Crippen molar-refractivity contribution in [1.82, 2.24) is 9.55 Å². The second-order valence-corrected chi connectivity index (χ2v) is 8.21. The minimum Gasteiger partial charge on any atom is -0.491 e. The lowest BCUT2D eigenvalue weighted by atomic mass is 10.1. The Balaban J connectivity index is 1.67. The van der Waals surface area contributed by atoms with Gasteiger partial charge in [0.05, 0.1) is 16.1 Å². The summed E-state index contributed by atoms with van der Waals surface area (Å²) >= 11 is 7.76. The molecule has 0 radical (unpaired) electrons. The summed E-state index contributed by atoms with van der Waals surface area (Å²) in [5, 5.41) is 1.22. The third kappa shape index (κ3) is 4.23. The molecule has 160 valence electrons. The summed E-state index contributed by atoms with van der Waals surface area (Å²) in [6.07, 6.45) is 1.26. The summed E-state index contributed by atoms with van der Waals surface area (Å²) in [5.74, 6) is 0.363. The molecule has 0 aliphatic rings. The van der Waals surface area contributed by atoms with Crippen molar-refractivity contribution in [3.05, 3.63) is 70.3 Å². The number of nitrogens with two attached hydrogens (primary N) is 2. The highest BCUT2D eigenvalue weighted by Gasteiger charge is 2.22. The van der Waals surface area contributed by atoms with Gasteiger partial charge in [0, 0.05) is 18.2 Å². The number of rotatable bonds is 8. The van der Waals surface area contributed by atoms with E-state index in [0.717, 1.165) is 21.6 Å². The zero-order chi connectivity index (χ0) is 22.0. The maximum Gasteiger partial charge on any atom is 0.262 e. The van der Waals surface area contributed by atoms with E-state index in [1.54, 1.807) is 18.5 Å². The Kier molecular flexibility index (Phi) is 6.13. The Hall–Kier alpha value is -3.07. The highest BCUT2D eigenvalue weighted by Crippen LogP contribution is 2.38. The highest BCUT2D eigenvalue weighted by atomic mass is 35.5. The molecule has 9 heteroatoms. The molecule has 4 aromatic rings. The summed E-state index contributed by atoms with van der Waals surface area (Å²) in [4.78, 5) is 16.8. The maximum atomic E-state index is 12.1. The SMILES string of the molecule is CC(Oc1cc(-n2cnc3ccccc32)sc1C(N)=O)c1cccc(OCCN)c1Cl. The van der Waals surface area contributed by atoms with Gasteiger partial charge in [-0.25, -0.2) is 4.98 Å². The van der Waals surface area contributed by atoms with Gasteiger partial charge in [-0.3, -0.25) is 9.36 Å². The number of hydrogen-bond acceptors (Lipinski definition) is 6. The molecule has 2 aromatic heterocycles. The largest absolute Gasteiger partial charge is 0.491 e. The van der Waals surface area contributed by atoms with E-state index in [9.17, 15) is 4.79 Å². The molecule has 4 N–H and O–H groups in total. The number of carbonyl (C=O) groups excluding carboxylic acids is 1. The molecule has 0 aliphatic carbocycles. The number of amides is 1. The van der Waals surface area contributed by atoms with Crippen LogP contribution in [0, 0.1) is 0 Å². The van der Waals surface area contributed by atoms with Crippen LogP contribution < -0.4 is 20.9 Å². The molecule has 1 unspecified atom stereocenters. The average Bonchev–Trinajstić information content (AvgIpc) is 3.37. The second-order valence-electron chi connectivity index (χ2n) is 6.80. The van der Waals surface area contributed by atoms with Gasteiger partial charge in [-0.05, 0) is 25.1 Å². The van der Waals surface area contributed by atoms with Gasteiger partial charge in [0.15, 0.2) is 0 Å². The minimum absolute atomic E-state index is 0.325. The lowest BCUT2D eigenvalue weighted by molar-refractivity contribution is 0.0998. The van der Waals surface area contributed by atoms with Crippen LogP contribution in [0.4, 0.5) is 0 Å². The highest BCUT2D eigenvalue weighted by molar-refractivity contribution is 7.16. The van der Waals surface area contributed by atoms with Crippen molar-refractivity contribution in [3.8, 4) is 16.5 Å². The van der Waals surface area contributed by atoms with E-state index in [1.807, 2.05) is 47.9 Å². The lowest BCUT2D eigenvalue weighted by Gasteiger charge is -2.18. The molecule has 0 saturated heterocycles. The third-order valence-corrected chi connectivity index (χ3v) is 6.24. The van der Waals surface area contributed by atoms with E-state index in [4.69, 9.17) is 32.5 Å². The predicted molar refractivity (Wildman–Crippen MR) is 123 cm³/mol. The number of para-hydroxylation sites is 2. The molecule has 2 aromatic carbocycles. The number of aromatic nitrogens is 2. The Morgan fingerprint density at radius 1 is 1.23 bits per heavy atom. The first-order valence-electron chi connectivity index (χ1n) is 9.63. The first-order valence-corrected chi connectivity index (χ1v) is 10.8. The molecule has 0 aliphatic heterocycles. The minimum atomic E-state index is -0.561. The predicted octanol–water partition coefficient (Wildman–Crippen LogP) is 4.32. The molecule has 1 amide bonds. The van der Waals surface area contributed by atoms with Crippen molar-refractivity contribution in [3.63, 3.8) is 0 Å². The van der Waals surface area contributed by atoms with Crippen LogP contribution in [0.1, 0.15) is 28.3 Å². The molecule has 1 atom stereocenters. The number of fused-ring (bicyclic) bond motifs is 1. The van der Waals surface area contributed by atoms with Crippen molar-refractivity contribution in [2.24, 2.45) is 11.5 Å². The number of thiophene rings is 1. The number of halogens is 1. The summed E-state index contributed by atoms with van der Waals surface area (Å²) in [6.45, 7) is 2.59. The van der Waals surface area contributed by atoms with E-state index in [2.05, 4.69) is 4.98 Å². The fraction of sp³-hybridized carbons (Fsp3) is 0.182. The van der Waals surface area contributed by atoms with E-state index >= 15 is 0 Å². The molecule has 4 rings (SSSR count). The molecule has 7 nitrogen and oxygen atoms in total. The number of imidazole rings is 1. The topological polar surface area (TPSA) is 105 Å². The fourth-order valence-electron chi connectivity index (χ4n) is 3.25. The Morgan fingerprint density at radius 3 is 2.81 bits per heavy atom. The molecule has 0 spiro atoms. The molecule has 0 bridgehead atoms. The van der Waals surface area contributed by atoms with Gasteiger partial charge in [0.25, 0.3) is 5.91 Å². The van der Waals surface area contributed by atoms with Gasteiger partial charge < -0.3 is 20.9 Å². The molecule has 0 fully saturated rings. The van der Waals surface area contributed by atoms with E-state index < -0.39 is 12.0 Å². The van der Waals surface area contributed by atoms with Crippen LogP contribution in [-0.4, -0.2) is 28.6 Å². The standard InChI is InChI=1S/C22H21ClN4O3S/c1-13(14-5-4-8-17(20(14)23)29-10-9-24)30-18-11-19(31-21(18)22(25)28)27-12-26-15-6-2-3-7-16(15)27/h2-8,11-13H,9-10,24H2,1H3,(H2,25,28). The van der Waals surface area contributed by atoms with Crippen LogP contribution in [-0.2, 0) is 0 Å². The number of primary amides is 1. The third-order valence-electron chi connectivity index (χ3n) is 4.71. The Bertz CT molecular complexity index is 1240. The van der Waals surface area contributed by atoms with Crippen molar-refractivity contribution in [2.75, 3.05) is 13.2 Å². The summed E-state index contributed by atoms with van der Waals surface area (Å²) < 4.78 is 13.6. The number of benzene rings is 2. The number of nitrogens with zero attached hydrogens (tertiary/aromatic N) is 2. The first-order chi connectivity index (χ1) is 15.0. The van der Waals surface area contributed by atoms with Crippen molar-refractivity contribution in [1.29, 1.82) is 0 Å². The van der Waals surface area contributed by atoms with Crippen LogP contribution in [0.3, 0.4) is 0 Å². The van der Waals surface area contributed by atoms with Crippen molar-refractivity contribution in [2.45, 2.75) is 13.0 Å². The van der Waals surface area contributed by atoms with Gasteiger partial charge in [-0.15, -0.1) is 11.3 Å². The van der Waals surface area contributed by atoms with Gasteiger partial charge in [-0.1, -0.05) is 35.9 Å². The molecular formula is C22H21ClN4O3S. The van der Waals surface area contributed by atoms with Crippen molar-refractivity contribution >= 4 is 39.9 Å². The van der Waals surface area contributed by atoms with Crippen LogP contribution in [0.15, 0.2) is 54.9 Å². The molecule has 2 heterocycles. The zero-order valence-electron chi connectivity index (χ0n) is 16.7. The first kappa shape index (κ1) is 21.2. The summed E-state index contributed by atoms with van der Waals surface area (Å²) in [5.41, 5.74) is 13.6. The normalized spacial score (nSPS) is 12.1. The monoisotopic (exact) mass is 456 g/mol. The van der Waals surface area contributed by atoms with Crippen LogP contribution in [0.25, 0.3) is 16.0 Å².